The van der Waals surface area contributed by atoms with E-state index in [4.69, 9.17) is 10.7 Å². The van der Waals surface area contributed by atoms with E-state index in [0.717, 1.165) is 11.1 Å². The fourth-order valence-corrected chi connectivity index (χ4v) is 4.56. The number of nitrogens with two attached hydrogens (primary N) is 1. The maximum absolute atomic E-state index is 13.6. The first kappa shape index (κ1) is 24.8. The Morgan fingerprint density at radius 1 is 1.14 bits per heavy atom. The lowest BCUT2D eigenvalue weighted by molar-refractivity contribution is -0.135. The van der Waals surface area contributed by atoms with Gasteiger partial charge in [-0.15, -0.1) is 0 Å². The Morgan fingerprint density at radius 2 is 1.83 bits per heavy atom. The van der Waals surface area contributed by atoms with Gasteiger partial charge < -0.3 is 15.5 Å². The summed E-state index contributed by atoms with van der Waals surface area (Å²) < 4.78 is 15.1. The molecular formula is C26H33FN6O2. The Balaban J connectivity index is 1.70. The van der Waals surface area contributed by atoms with Crippen LogP contribution in [-0.4, -0.2) is 67.9 Å². The molecule has 0 aliphatic carbocycles. The van der Waals surface area contributed by atoms with Gasteiger partial charge in [0.25, 0.3) is 5.91 Å². The molecule has 8 nitrogen and oxygen atoms in total. The second kappa shape index (κ2) is 9.03. The van der Waals surface area contributed by atoms with Gasteiger partial charge in [0.1, 0.15) is 11.5 Å². The Kier molecular flexibility index (Phi) is 6.40. The van der Waals surface area contributed by atoms with Crippen LogP contribution in [0.3, 0.4) is 0 Å². The number of benzene rings is 1. The third kappa shape index (κ3) is 4.91. The van der Waals surface area contributed by atoms with Gasteiger partial charge in [-0.1, -0.05) is 20.8 Å². The molecule has 9 heteroatoms. The van der Waals surface area contributed by atoms with Gasteiger partial charge in [0.15, 0.2) is 5.65 Å². The lowest BCUT2D eigenvalue weighted by atomic mass is 9.87. The molecular weight excluding hydrogens is 447 g/mol. The van der Waals surface area contributed by atoms with Crippen LogP contribution in [0.1, 0.15) is 57.1 Å². The van der Waals surface area contributed by atoms with Crippen LogP contribution in [0.25, 0.3) is 16.9 Å². The first-order valence-electron chi connectivity index (χ1n) is 11.9. The average Bonchev–Trinajstić information content (AvgIpc) is 3.21. The first-order chi connectivity index (χ1) is 16.4. The molecule has 1 aliphatic heterocycles. The Labute approximate surface area is 204 Å². The van der Waals surface area contributed by atoms with E-state index < -0.39 is 5.54 Å². The molecule has 35 heavy (non-hydrogen) atoms. The van der Waals surface area contributed by atoms with Crippen molar-refractivity contribution in [2.24, 2.45) is 5.73 Å². The highest BCUT2D eigenvalue weighted by molar-refractivity contribution is 5.94. The van der Waals surface area contributed by atoms with Crippen LogP contribution < -0.4 is 5.73 Å². The van der Waals surface area contributed by atoms with Gasteiger partial charge in [-0.05, 0) is 49.6 Å². The monoisotopic (exact) mass is 480 g/mol. The standard InChI is InChI=1S/C26H33FN6O2/c1-25(2,3)19-14-20(17-6-8-18(27)9-7-17)30-33-15-21(29-23(19)33)24(35)32-13-12-31(16-26(32,4)5)22(34)10-11-28/h6-9,14-15H,10-13,16,28H2,1-5H3. The Bertz CT molecular complexity index is 1260. The van der Waals surface area contributed by atoms with E-state index in [1.165, 1.54) is 12.1 Å². The summed E-state index contributed by atoms with van der Waals surface area (Å²) in [6.45, 7) is 11.8. The number of rotatable bonds is 4. The topological polar surface area (TPSA) is 96.8 Å². The third-order valence-electron chi connectivity index (χ3n) is 6.45. The molecule has 2 amide bonds. The van der Waals surface area contributed by atoms with Gasteiger partial charge in [-0.3, -0.25) is 9.59 Å². The highest BCUT2D eigenvalue weighted by Gasteiger charge is 2.39. The van der Waals surface area contributed by atoms with Crippen molar-refractivity contribution in [3.8, 4) is 11.3 Å². The van der Waals surface area contributed by atoms with Gasteiger partial charge in [0.2, 0.25) is 5.91 Å². The molecule has 0 bridgehead atoms. The minimum Gasteiger partial charge on any atom is -0.339 e. The summed E-state index contributed by atoms with van der Waals surface area (Å²) >= 11 is 0. The number of piperazine rings is 1. The zero-order valence-corrected chi connectivity index (χ0v) is 21.0. The average molecular weight is 481 g/mol. The molecule has 3 heterocycles. The van der Waals surface area contributed by atoms with E-state index in [0.29, 0.717) is 49.6 Å². The predicted octanol–water partition coefficient (Wildman–Crippen LogP) is 3.24. The molecule has 0 spiro atoms. The smallest absolute Gasteiger partial charge is 0.274 e. The summed E-state index contributed by atoms with van der Waals surface area (Å²) in [5.74, 6) is -0.504. The molecule has 0 atom stereocenters. The van der Waals surface area contributed by atoms with Gasteiger partial charge in [0.05, 0.1) is 17.4 Å². The summed E-state index contributed by atoms with van der Waals surface area (Å²) in [5.41, 5.74) is 8.01. The van der Waals surface area contributed by atoms with Crippen LogP contribution in [0, 0.1) is 5.82 Å². The molecule has 1 saturated heterocycles. The fourth-order valence-electron chi connectivity index (χ4n) is 4.56. The molecule has 1 aliphatic rings. The molecule has 186 valence electrons. The van der Waals surface area contributed by atoms with Crippen molar-refractivity contribution in [3.05, 3.63) is 53.6 Å². The number of hydrogen-bond acceptors (Lipinski definition) is 5. The minimum atomic E-state index is -0.561. The molecule has 3 aromatic rings. The van der Waals surface area contributed by atoms with Crippen LogP contribution in [0.5, 0.6) is 0 Å². The van der Waals surface area contributed by atoms with E-state index >= 15 is 0 Å². The molecule has 2 aromatic heterocycles. The van der Waals surface area contributed by atoms with Crippen LogP contribution in [0.2, 0.25) is 0 Å². The van der Waals surface area contributed by atoms with Crippen molar-refractivity contribution in [1.29, 1.82) is 0 Å². The number of fused-ring (bicyclic) bond motifs is 1. The van der Waals surface area contributed by atoms with E-state index in [1.807, 2.05) is 19.9 Å². The summed E-state index contributed by atoms with van der Waals surface area (Å²) in [6.07, 6.45) is 1.95. The van der Waals surface area contributed by atoms with Crippen molar-refractivity contribution in [3.63, 3.8) is 0 Å². The number of carbonyl (C=O) groups excluding carboxylic acids is 2. The molecule has 1 fully saturated rings. The van der Waals surface area contributed by atoms with Crippen molar-refractivity contribution in [2.45, 2.75) is 52.0 Å². The van der Waals surface area contributed by atoms with Crippen LogP contribution in [0.15, 0.2) is 36.5 Å². The van der Waals surface area contributed by atoms with Gasteiger partial charge in [-0.2, -0.15) is 5.10 Å². The summed E-state index contributed by atoms with van der Waals surface area (Å²) in [5, 5.41) is 4.69. The van der Waals surface area contributed by atoms with Crippen molar-refractivity contribution < 1.29 is 14.0 Å². The zero-order valence-electron chi connectivity index (χ0n) is 21.0. The number of aromatic nitrogens is 3. The quantitative estimate of drug-likeness (QED) is 0.618. The number of nitrogens with zero attached hydrogens (tertiary/aromatic N) is 5. The second-order valence-electron chi connectivity index (χ2n) is 10.7. The number of carbonyl (C=O) groups is 2. The van der Waals surface area contributed by atoms with Crippen molar-refractivity contribution >= 4 is 17.5 Å². The number of halogens is 1. The molecule has 1 aromatic carbocycles. The fraction of sp³-hybridized carbons (Fsp3) is 0.462. The van der Waals surface area contributed by atoms with Crippen molar-refractivity contribution in [1.82, 2.24) is 24.4 Å². The van der Waals surface area contributed by atoms with Gasteiger partial charge in [-0.25, -0.2) is 13.9 Å². The summed E-state index contributed by atoms with van der Waals surface area (Å²) in [4.78, 5) is 34.2. The number of amides is 2. The largest absolute Gasteiger partial charge is 0.339 e. The third-order valence-corrected chi connectivity index (χ3v) is 6.45. The first-order valence-corrected chi connectivity index (χ1v) is 11.9. The van der Waals surface area contributed by atoms with Gasteiger partial charge >= 0.3 is 0 Å². The molecule has 0 saturated carbocycles. The summed E-state index contributed by atoms with van der Waals surface area (Å²) in [7, 11) is 0. The molecule has 0 radical (unpaired) electrons. The predicted molar refractivity (Wildman–Crippen MR) is 132 cm³/mol. The van der Waals surface area contributed by atoms with Crippen molar-refractivity contribution in [2.75, 3.05) is 26.2 Å². The molecule has 4 rings (SSSR count). The Hall–Kier alpha value is -3.33. The number of hydrogen-bond donors (Lipinski definition) is 1. The minimum absolute atomic E-state index is 0.00717. The van der Waals surface area contributed by atoms with Crippen LogP contribution >= 0.6 is 0 Å². The highest BCUT2D eigenvalue weighted by Crippen LogP contribution is 2.31. The Morgan fingerprint density at radius 3 is 2.43 bits per heavy atom. The second-order valence-corrected chi connectivity index (χ2v) is 10.7. The maximum Gasteiger partial charge on any atom is 0.274 e. The van der Waals surface area contributed by atoms with E-state index in [9.17, 15) is 14.0 Å². The lowest BCUT2D eigenvalue weighted by Gasteiger charge is -2.46. The zero-order chi connectivity index (χ0) is 25.5. The van der Waals surface area contributed by atoms with E-state index in [1.54, 1.807) is 32.6 Å². The highest BCUT2D eigenvalue weighted by atomic mass is 19.1. The van der Waals surface area contributed by atoms with E-state index in [-0.39, 0.29) is 23.0 Å². The maximum atomic E-state index is 13.6. The van der Waals surface area contributed by atoms with Crippen LogP contribution in [-0.2, 0) is 10.2 Å². The molecule has 2 N–H and O–H groups in total. The van der Waals surface area contributed by atoms with E-state index in [2.05, 4.69) is 25.9 Å². The summed E-state index contributed by atoms with van der Waals surface area (Å²) in [6, 6.07) is 8.14. The SMILES string of the molecule is CC(C)(C)c1cc(-c2ccc(F)cc2)nn2cc(C(=O)N3CCN(C(=O)CCN)CC3(C)C)nc12. The number of imidazole rings is 1. The normalized spacial score (nSPS) is 16.1. The van der Waals surface area contributed by atoms with Gasteiger partial charge in [0, 0.05) is 43.7 Å². The van der Waals surface area contributed by atoms with Crippen LogP contribution in [0.4, 0.5) is 4.39 Å². The molecule has 0 unspecified atom stereocenters. The lowest BCUT2D eigenvalue weighted by Crippen LogP contribution is -2.62.